The van der Waals surface area contributed by atoms with E-state index in [2.05, 4.69) is 82.3 Å². The van der Waals surface area contributed by atoms with E-state index in [9.17, 15) is 0 Å². The summed E-state index contributed by atoms with van der Waals surface area (Å²) in [6.07, 6.45) is 11.0. The second-order valence-corrected chi connectivity index (χ2v) is 6.44. The first-order valence-corrected chi connectivity index (χ1v) is 9.05. The summed E-state index contributed by atoms with van der Waals surface area (Å²) in [6, 6.07) is 10.5. The summed E-state index contributed by atoms with van der Waals surface area (Å²) in [5, 5.41) is 0. The van der Waals surface area contributed by atoms with Gasteiger partial charge in [0.2, 0.25) is 0 Å². The lowest BCUT2D eigenvalue weighted by Crippen LogP contribution is -1.90. The molecular formula is C25H31N. The molecule has 0 atom stereocenters. The zero-order valence-corrected chi connectivity index (χ0v) is 16.8. The van der Waals surface area contributed by atoms with Gasteiger partial charge in [0.05, 0.1) is 5.69 Å². The van der Waals surface area contributed by atoms with Crippen LogP contribution >= 0.6 is 0 Å². The maximum absolute atomic E-state index is 4.44. The molecule has 0 unspecified atom stereocenters. The second kappa shape index (κ2) is 11.0. The predicted molar refractivity (Wildman–Crippen MR) is 117 cm³/mol. The minimum absolute atomic E-state index is 1.06. The molecule has 2 rings (SSSR count). The average Bonchev–Trinajstić information content (AvgIpc) is 2.61. The van der Waals surface area contributed by atoms with Gasteiger partial charge >= 0.3 is 0 Å². The summed E-state index contributed by atoms with van der Waals surface area (Å²) in [4.78, 5) is 4.44. The predicted octanol–water partition coefficient (Wildman–Crippen LogP) is 7.48. The van der Waals surface area contributed by atoms with Gasteiger partial charge in [-0.15, -0.1) is 0 Å². The standard InChI is InChI=1S/C16H17N.C9H14/c1-11(2)15-8-7-14(10-13(15)4)16-12(3)6-5-9-17-16;1-4-6-8-9(3)7-5-2/h5-10H,1H2,2-4H3;5-8H,2,4H2,1,3H3/b;8-6-,9-7-. The van der Waals surface area contributed by atoms with Crippen molar-refractivity contribution in [1.29, 1.82) is 0 Å². The molecule has 26 heavy (non-hydrogen) atoms. The van der Waals surface area contributed by atoms with Gasteiger partial charge in [0.25, 0.3) is 0 Å². The van der Waals surface area contributed by atoms with E-state index in [0.717, 1.165) is 17.7 Å². The highest BCUT2D eigenvalue weighted by Gasteiger charge is 2.05. The van der Waals surface area contributed by atoms with E-state index in [1.807, 2.05) is 25.3 Å². The van der Waals surface area contributed by atoms with Crippen molar-refractivity contribution >= 4 is 5.57 Å². The van der Waals surface area contributed by atoms with Gasteiger partial charge in [-0.1, -0.05) is 73.7 Å². The van der Waals surface area contributed by atoms with Crippen LogP contribution in [-0.2, 0) is 0 Å². The maximum Gasteiger partial charge on any atom is 0.0731 e. The van der Waals surface area contributed by atoms with Gasteiger partial charge in [0.15, 0.2) is 0 Å². The molecule has 0 saturated heterocycles. The highest BCUT2D eigenvalue weighted by Crippen LogP contribution is 2.25. The van der Waals surface area contributed by atoms with E-state index < -0.39 is 0 Å². The molecule has 1 heteroatoms. The SMILES string of the molecule is C=C(C)c1ccc(-c2ncccc2C)cc1C.C=C/C=C(C)\C=C/CC. The number of hydrogen-bond donors (Lipinski definition) is 0. The fourth-order valence-electron chi connectivity index (χ4n) is 2.62. The Balaban J connectivity index is 0.000000321. The first-order valence-electron chi connectivity index (χ1n) is 9.05. The number of rotatable bonds is 5. The molecule has 1 aromatic heterocycles. The molecule has 0 saturated carbocycles. The van der Waals surface area contributed by atoms with Crippen molar-refractivity contribution < 1.29 is 0 Å². The molecule has 0 spiro atoms. The topological polar surface area (TPSA) is 12.9 Å². The van der Waals surface area contributed by atoms with Crippen LogP contribution in [0.2, 0.25) is 0 Å². The van der Waals surface area contributed by atoms with Crippen LogP contribution in [0.1, 0.15) is 43.9 Å². The summed E-state index contributed by atoms with van der Waals surface area (Å²) in [6.45, 7) is 18.0. The molecule has 1 heterocycles. The molecule has 0 aliphatic carbocycles. The summed E-state index contributed by atoms with van der Waals surface area (Å²) in [5.41, 5.74) is 8.27. The Morgan fingerprint density at radius 1 is 1.12 bits per heavy atom. The molecule has 1 nitrogen and oxygen atoms in total. The van der Waals surface area contributed by atoms with E-state index in [4.69, 9.17) is 0 Å². The summed E-state index contributed by atoms with van der Waals surface area (Å²) >= 11 is 0. The number of benzene rings is 1. The summed E-state index contributed by atoms with van der Waals surface area (Å²) in [5.74, 6) is 0. The van der Waals surface area contributed by atoms with Gasteiger partial charge in [-0.05, 0) is 62.9 Å². The van der Waals surface area contributed by atoms with Crippen molar-refractivity contribution in [3.8, 4) is 11.3 Å². The first-order chi connectivity index (χ1) is 12.4. The molecule has 0 aliphatic rings. The Morgan fingerprint density at radius 2 is 1.85 bits per heavy atom. The normalized spacial score (nSPS) is 11.0. The lowest BCUT2D eigenvalue weighted by Gasteiger charge is -2.09. The third-order valence-electron chi connectivity index (χ3n) is 3.97. The first kappa shape index (κ1) is 21.4. The van der Waals surface area contributed by atoms with Crippen molar-refractivity contribution in [3.63, 3.8) is 0 Å². The lowest BCUT2D eigenvalue weighted by molar-refractivity contribution is 1.22. The van der Waals surface area contributed by atoms with Gasteiger partial charge in [-0.25, -0.2) is 0 Å². The molecule has 0 radical (unpaired) electrons. The van der Waals surface area contributed by atoms with E-state index in [1.165, 1.54) is 27.8 Å². The van der Waals surface area contributed by atoms with Crippen molar-refractivity contribution in [2.75, 3.05) is 0 Å². The van der Waals surface area contributed by atoms with E-state index in [-0.39, 0.29) is 0 Å². The molecule has 136 valence electrons. The Morgan fingerprint density at radius 3 is 2.38 bits per heavy atom. The van der Waals surface area contributed by atoms with Crippen LogP contribution < -0.4 is 0 Å². The fraction of sp³-hybridized carbons (Fsp3) is 0.240. The number of pyridine rings is 1. The van der Waals surface area contributed by atoms with E-state index in [1.54, 1.807) is 6.08 Å². The van der Waals surface area contributed by atoms with E-state index >= 15 is 0 Å². The van der Waals surface area contributed by atoms with Gasteiger partial charge < -0.3 is 0 Å². The van der Waals surface area contributed by atoms with Crippen LogP contribution in [-0.4, -0.2) is 4.98 Å². The van der Waals surface area contributed by atoms with Crippen LogP contribution in [0.4, 0.5) is 0 Å². The molecule has 0 aliphatic heterocycles. The molecule has 1 aromatic carbocycles. The van der Waals surface area contributed by atoms with Gasteiger partial charge in [-0.2, -0.15) is 0 Å². The monoisotopic (exact) mass is 345 g/mol. The molecule has 2 aromatic rings. The number of hydrogen-bond acceptors (Lipinski definition) is 1. The van der Waals surface area contributed by atoms with Gasteiger partial charge in [-0.3, -0.25) is 4.98 Å². The average molecular weight is 346 g/mol. The van der Waals surface area contributed by atoms with Crippen molar-refractivity contribution in [2.24, 2.45) is 0 Å². The molecular weight excluding hydrogens is 314 g/mol. The minimum Gasteiger partial charge on any atom is -0.256 e. The number of nitrogens with zero attached hydrogens (tertiary/aromatic N) is 1. The fourth-order valence-corrected chi connectivity index (χ4v) is 2.62. The zero-order chi connectivity index (χ0) is 19.5. The quantitative estimate of drug-likeness (QED) is 0.512. The molecule has 0 fully saturated rings. The van der Waals surface area contributed by atoms with Crippen LogP contribution in [0.3, 0.4) is 0 Å². The number of aromatic nitrogens is 1. The van der Waals surface area contributed by atoms with Crippen molar-refractivity contribution in [3.05, 3.63) is 96.3 Å². The highest BCUT2D eigenvalue weighted by atomic mass is 14.7. The number of aryl methyl sites for hydroxylation is 2. The van der Waals surface area contributed by atoms with Gasteiger partial charge in [0.1, 0.15) is 0 Å². The molecule has 0 bridgehead atoms. The highest BCUT2D eigenvalue weighted by molar-refractivity contribution is 5.70. The third-order valence-corrected chi connectivity index (χ3v) is 3.97. The summed E-state index contributed by atoms with van der Waals surface area (Å²) < 4.78 is 0. The Bertz CT molecular complexity index is 807. The Kier molecular flexibility index (Phi) is 9.08. The second-order valence-electron chi connectivity index (χ2n) is 6.44. The van der Waals surface area contributed by atoms with Gasteiger partial charge in [0, 0.05) is 11.8 Å². The van der Waals surface area contributed by atoms with Crippen molar-refractivity contribution in [2.45, 2.75) is 41.0 Å². The largest absolute Gasteiger partial charge is 0.256 e. The summed E-state index contributed by atoms with van der Waals surface area (Å²) in [7, 11) is 0. The van der Waals surface area contributed by atoms with Crippen LogP contribution in [0.5, 0.6) is 0 Å². The maximum atomic E-state index is 4.44. The lowest BCUT2D eigenvalue weighted by atomic mass is 9.98. The molecule has 0 amide bonds. The third kappa shape index (κ3) is 6.68. The van der Waals surface area contributed by atoms with Crippen LogP contribution in [0.25, 0.3) is 16.8 Å². The Hall–Kier alpha value is -2.67. The van der Waals surface area contributed by atoms with Crippen LogP contribution in [0.15, 0.2) is 79.6 Å². The van der Waals surface area contributed by atoms with Crippen LogP contribution in [0, 0.1) is 13.8 Å². The molecule has 0 N–H and O–H groups in total. The minimum atomic E-state index is 1.06. The number of allylic oxidation sites excluding steroid dienone is 6. The zero-order valence-electron chi connectivity index (χ0n) is 16.8. The van der Waals surface area contributed by atoms with Crippen molar-refractivity contribution in [1.82, 2.24) is 4.98 Å². The Labute approximate surface area is 159 Å². The van der Waals surface area contributed by atoms with E-state index in [0.29, 0.717) is 0 Å². The smallest absolute Gasteiger partial charge is 0.0731 e.